The SMILES string of the molecule is C.C=C(c1cccc(NC(C)=O)c1)c1ccc2c(/C=C/c3ccccc3)n[nH]c2c1.C=C(c1cccc(NC(C)=O)c1)c1ccc2c(/C=C/c3ccccc3)nn(COCC[Si](C)(C)C)c2c1.CCCN. The minimum atomic E-state index is -1.17. The molecule has 0 aliphatic heterocycles. The molecule has 8 aromatic rings. The highest BCUT2D eigenvalue weighted by molar-refractivity contribution is 6.76. The molecule has 0 radical (unpaired) electrons. The Morgan fingerprint density at radius 3 is 1.66 bits per heavy atom. The minimum Gasteiger partial charge on any atom is -0.360 e. The number of anilines is 2. The monoisotopic (exact) mass is 964 g/mol. The van der Waals surface area contributed by atoms with Crippen LogP contribution in [0.25, 0.3) is 57.3 Å². The molecule has 0 unspecified atom stereocenters. The normalized spacial score (nSPS) is 11.1. The number of nitrogens with zero attached hydrogens (tertiary/aromatic N) is 3. The van der Waals surface area contributed by atoms with Gasteiger partial charge in [0.1, 0.15) is 6.73 Å². The molecule has 6 aromatic carbocycles. The third-order valence-corrected chi connectivity index (χ3v) is 12.8. The standard InChI is InChI=1S/C31H35N3O2Si.C25H21N3O.C3H9N.CH4/c1-23(26-12-9-13-28(20-26)32-24(2)35)27-15-16-29-30(17-14-25-10-7-6-8-11-25)33-34(31(29)21-27)22-36-18-19-37(3,4)5;1-17(20-9-6-10-22(15-20)26-18(2)29)21-12-13-23-24(27-28-25(23)16-21)14-11-19-7-4-3-5-8-19;1-2-3-4;/h6-17,20-21H,1,18-19,22H2,2-5H3,(H,32,35);3-16H,1H2,2H3,(H,26,29)(H,27,28);2-4H2,1H3;1H4/b17-14+;14-11+;;. The molecule has 0 aliphatic rings. The number of fused-ring (bicyclic) bond motifs is 2. The van der Waals surface area contributed by atoms with Gasteiger partial charge in [0.05, 0.1) is 22.4 Å². The molecule has 2 amide bonds. The summed E-state index contributed by atoms with van der Waals surface area (Å²) in [6.45, 7) is 22.7. The molecule has 8 rings (SSSR count). The van der Waals surface area contributed by atoms with Crippen LogP contribution in [0.3, 0.4) is 0 Å². The number of rotatable bonds is 16. The summed E-state index contributed by atoms with van der Waals surface area (Å²) >= 11 is 0. The van der Waals surface area contributed by atoms with Gasteiger partial charge in [-0.1, -0.05) is 156 Å². The molecule has 366 valence electrons. The van der Waals surface area contributed by atoms with Crippen LogP contribution in [0.15, 0.2) is 159 Å². The average Bonchev–Trinajstić information content (AvgIpc) is 3.93. The lowest BCUT2D eigenvalue weighted by molar-refractivity contribution is -0.115. The van der Waals surface area contributed by atoms with E-state index in [0.29, 0.717) is 6.73 Å². The first-order chi connectivity index (χ1) is 33.7. The Labute approximate surface area is 421 Å². The first kappa shape index (κ1) is 54.2. The van der Waals surface area contributed by atoms with Crippen LogP contribution in [-0.2, 0) is 21.1 Å². The van der Waals surface area contributed by atoms with E-state index in [1.165, 1.54) is 13.8 Å². The van der Waals surface area contributed by atoms with Crippen molar-refractivity contribution in [3.8, 4) is 0 Å². The quantitative estimate of drug-likeness (QED) is 0.0562. The minimum absolute atomic E-state index is 0. The summed E-state index contributed by atoms with van der Waals surface area (Å²) in [6.07, 6.45) is 9.30. The van der Waals surface area contributed by atoms with E-state index in [2.05, 4.69) is 133 Å². The van der Waals surface area contributed by atoms with Crippen molar-refractivity contribution in [2.24, 2.45) is 5.73 Å². The van der Waals surface area contributed by atoms with Gasteiger partial charge in [0, 0.05) is 50.7 Å². The largest absolute Gasteiger partial charge is 0.360 e. The average molecular weight is 964 g/mol. The second kappa shape index (κ2) is 26.3. The number of aromatic amines is 1. The fourth-order valence-corrected chi connectivity index (χ4v) is 8.04. The maximum Gasteiger partial charge on any atom is 0.221 e. The second-order valence-corrected chi connectivity index (χ2v) is 23.7. The number of hydrogen-bond donors (Lipinski definition) is 4. The van der Waals surface area contributed by atoms with Gasteiger partial charge in [-0.05, 0) is 124 Å². The van der Waals surface area contributed by atoms with E-state index in [0.717, 1.165) is 115 Å². The van der Waals surface area contributed by atoms with Crippen molar-refractivity contribution >= 4 is 88.5 Å². The molecule has 0 bridgehead atoms. The molecule has 0 spiro atoms. The molecule has 0 fully saturated rings. The van der Waals surface area contributed by atoms with Crippen molar-refractivity contribution in [1.82, 2.24) is 20.0 Å². The Hall–Kier alpha value is -7.70. The molecule has 10 nitrogen and oxygen atoms in total. The number of H-pyrrole nitrogens is 1. The Morgan fingerprint density at radius 2 is 1.15 bits per heavy atom. The molecule has 0 atom stereocenters. The van der Waals surface area contributed by atoms with Gasteiger partial charge in [0.25, 0.3) is 0 Å². The third-order valence-electron chi connectivity index (χ3n) is 11.1. The fraction of sp³-hybridized carbons (Fsp3) is 0.200. The van der Waals surface area contributed by atoms with Crippen molar-refractivity contribution in [3.63, 3.8) is 0 Å². The maximum atomic E-state index is 11.5. The van der Waals surface area contributed by atoms with E-state index in [1.54, 1.807) is 0 Å². The van der Waals surface area contributed by atoms with Crippen LogP contribution in [0.4, 0.5) is 11.4 Å². The van der Waals surface area contributed by atoms with Crippen molar-refractivity contribution in [1.29, 1.82) is 0 Å². The van der Waals surface area contributed by atoms with Crippen LogP contribution < -0.4 is 16.4 Å². The van der Waals surface area contributed by atoms with Crippen molar-refractivity contribution in [2.75, 3.05) is 23.8 Å². The number of carbonyl (C=O) groups excluding carboxylic acids is 2. The number of benzene rings is 6. The summed E-state index contributed by atoms with van der Waals surface area (Å²) < 4.78 is 8.01. The molecule has 2 heterocycles. The van der Waals surface area contributed by atoms with Gasteiger partial charge in [-0.15, -0.1) is 0 Å². The fourth-order valence-electron chi connectivity index (χ4n) is 7.28. The van der Waals surface area contributed by atoms with E-state index in [9.17, 15) is 9.59 Å². The molecule has 2 aromatic heterocycles. The number of carbonyl (C=O) groups is 2. The maximum absolute atomic E-state index is 11.5. The lowest BCUT2D eigenvalue weighted by atomic mass is 9.98. The first-order valence-corrected chi connectivity index (χ1v) is 27.3. The molecule has 11 heteroatoms. The van der Waals surface area contributed by atoms with Gasteiger partial charge in [-0.2, -0.15) is 10.2 Å². The smallest absolute Gasteiger partial charge is 0.221 e. The Bertz CT molecular complexity index is 3110. The van der Waals surface area contributed by atoms with Crippen molar-refractivity contribution in [2.45, 2.75) is 67.0 Å². The molecule has 0 saturated heterocycles. The first-order valence-electron chi connectivity index (χ1n) is 23.6. The van der Waals surface area contributed by atoms with Crippen molar-refractivity contribution < 1.29 is 14.3 Å². The van der Waals surface area contributed by atoms with Gasteiger partial charge in [-0.25, -0.2) is 4.68 Å². The zero-order valence-electron chi connectivity index (χ0n) is 41.3. The highest BCUT2D eigenvalue weighted by Crippen LogP contribution is 2.30. The highest BCUT2D eigenvalue weighted by Gasteiger charge is 2.15. The third kappa shape index (κ3) is 16.2. The predicted molar refractivity (Wildman–Crippen MR) is 305 cm³/mol. The number of nitrogens with two attached hydrogens (primary N) is 1. The van der Waals surface area contributed by atoms with Gasteiger partial charge < -0.3 is 21.1 Å². The van der Waals surface area contributed by atoms with Crippen LogP contribution in [0.1, 0.15) is 79.4 Å². The second-order valence-electron chi connectivity index (χ2n) is 18.1. The summed E-state index contributed by atoms with van der Waals surface area (Å²) in [5.74, 6) is -0.193. The van der Waals surface area contributed by atoms with E-state index in [1.807, 2.05) is 102 Å². The summed E-state index contributed by atoms with van der Waals surface area (Å²) in [5, 5.41) is 20.2. The lowest BCUT2D eigenvalue weighted by Crippen LogP contribution is -2.22. The van der Waals surface area contributed by atoms with Crippen LogP contribution in [0, 0.1) is 0 Å². The van der Waals surface area contributed by atoms with Gasteiger partial charge >= 0.3 is 0 Å². The lowest BCUT2D eigenvalue weighted by Gasteiger charge is -2.15. The zero-order chi connectivity index (χ0) is 50.0. The topological polar surface area (TPSA) is 140 Å². The Kier molecular flexibility index (Phi) is 20.1. The zero-order valence-corrected chi connectivity index (χ0v) is 42.3. The number of aromatic nitrogens is 4. The van der Waals surface area contributed by atoms with Gasteiger partial charge in [-0.3, -0.25) is 14.7 Å². The highest BCUT2D eigenvalue weighted by atomic mass is 28.3. The summed E-state index contributed by atoms with van der Waals surface area (Å²) in [4.78, 5) is 22.8. The van der Waals surface area contributed by atoms with Gasteiger partial charge in [0.2, 0.25) is 11.8 Å². The number of nitrogens with one attached hydrogen (secondary N) is 3. The molecule has 0 aliphatic carbocycles. The van der Waals surface area contributed by atoms with Crippen molar-refractivity contribution in [3.05, 3.63) is 204 Å². The number of ether oxygens (including phenoxy) is 1. The molecular weight excluding hydrogens is 895 g/mol. The van der Waals surface area contributed by atoms with Crippen LogP contribution in [0.5, 0.6) is 0 Å². The Morgan fingerprint density at radius 1 is 0.662 bits per heavy atom. The molecule has 0 saturated carbocycles. The molecule has 5 N–H and O–H groups in total. The molecule has 71 heavy (non-hydrogen) atoms. The van der Waals surface area contributed by atoms with E-state index in [4.69, 9.17) is 15.6 Å². The van der Waals surface area contributed by atoms with E-state index >= 15 is 0 Å². The van der Waals surface area contributed by atoms with Crippen LogP contribution in [-0.4, -0.2) is 53.0 Å². The Balaban J connectivity index is 0.000000248. The molecular formula is C60H69N7O3Si. The van der Waals surface area contributed by atoms with Gasteiger partial charge in [0.15, 0.2) is 0 Å². The van der Waals surface area contributed by atoms with E-state index < -0.39 is 8.07 Å². The van der Waals surface area contributed by atoms with E-state index in [-0.39, 0.29) is 19.2 Å². The number of hydrogen-bond acceptors (Lipinski definition) is 6. The summed E-state index contributed by atoms with van der Waals surface area (Å²) in [6, 6.07) is 49.4. The summed E-state index contributed by atoms with van der Waals surface area (Å²) in [7, 11) is -1.17. The van der Waals surface area contributed by atoms with Crippen LogP contribution in [0.2, 0.25) is 25.7 Å². The summed E-state index contributed by atoms with van der Waals surface area (Å²) in [5.41, 5.74) is 18.2. The number of amides is 2. The van der Waals surface area contributed by atoms with Crippen LogP contribution >= 0.6 is 0 Å². The predicted octanol–water partition coefficient (Wildman–Crippen LogP) is 14.3.